The van der Waals surface area contributed by atoms with Gasteiger partial charge in [-0.05, 0) is 50.9 Å². The van der Waals surface area contributed by atoms with Crippen molar-refractivity contribution in [2.75, 3.05) is 25.0 Å². The Morgan fingerprint density at radius 3 is 2.94 bits per heavy atom. The lowest BCUT2D eigenvalue weighted by atomic mass is 9.91. The molecule has 1 saturated heterocycles. The van der Waals surface area contributed by atoms with E-state index in [1.54, 1.807) is 0 Å². The summed E-state index contributed by atoms with van der Waals surface area (Å²) in [5.74, 6) is 0.718. The molecule has 2 unspecified atom stereocenters. The highest BCUT2D eigenvalue weighted by Gasteiger charge is 2.23. The van der Waals surface area contributed by atoms with Crippen LogP contribution >= 0.6 is 11.6 Å². The maximum atomic E-state index is 6.19. The standard InChI is InChI=1S/C15H23ClN2/c1-3-18-10-6-7-13(11-18)12(2)17-15-9-5-4-8-14(15)16/h4-5,8-9,12-13,17H,3,6-7,10-11H2,1-2H3. The van der Waals surface area contributed by atoms with Gasteiger partial charge in [-0.3, -0.25) is 0 Å². The van der Waals surface area contributed by atoms with Crippen LogP contribution in [0.2, 0.25) is 5.02 Å². The molecule has 2 nitrogen and oxygen atoms in total. The maximum Gasteiger partial charge on any atom is 0.0637 e. The van der Waals surface area contributed by atoms with Gasteiger partial charge < -0.3 is 10.2 Å². The molecule has 100 valence electrons. The van der Waals surface area contributed by atoms with Crippen molar-refractivity contribution < 1.29 is 0 Å². The van der Waals surface area contributed by atoms with Crippen molar-refractivity contribution in [1.82, 2.24) is 4.90 Å². The number of para-hydroxylation sites is 1. The van der Waals surface area contributed by atoms with Gasteiger partial charge in [-0.25, -0.2) is 0 Å². The van der Waals surface area contributed by atoms with Crippen LogP contribution in [0, 0.1) is 5.92 Å². The Morgan fingerprint density at radius 2 is 2.22 bits per heavy atom. The Labute approximate surface area is 115 Å². The number of benzene rings is 1. The predicted octanol–water partition coefficient (Wildman–Crippen LogP) is 3.87. The van der Waals surface area contributed by atoms with Crippen LogP contribution in [-0.2, 0) is 0 Å². The van der Waals surface area contributed by atoms with E-state index in [1.807, 2.05) is 18.2 Å². The minimum Gasteiger partial charge on any atom is -0.381 e. The Morgan fingerprint density at radius 1 is 1.44 bits per heavy atom. The smallest absolute Gasteiger partial charge is 0.0637 e. The number of hydrogen-bond donors (Lipinski definition) is 1. The number of piperidine rings is 1. The van der Waals surface area contributed by atoms with Gasteiger partial charge in [0, 0.05) is 12.6 Å². The highest BCUT2D eigenvalue weighted by atomic mass is 35.5. The van der Waals surface area contributed by atoms with Gasteiger partial charge in [-0.1, -0.05) is 30.7 Å². The van der Waals surface area contributed by atoms with Gasteiger partial charge in [0.05, 0.1) is 10.7 Å². The minimum absolute atomic E-state index is 0.472. The fourth-order valence-corrected chi connectivity index (χ4v) is 2.92. The third kappa shape index (κ3) is 3.39. The molecule has 0 bridgehead atoms. The fraction of sp³-hybridized carbons (Fsp3) is 0.600. The van der Waals surface area contributed by atoms with Gasteiger partial charge in [0.2, 0.25) is 0 Å². The summed E-state index contributed by atoms with van der Waals surface area (Å²) in [5, 5.41) is 4.38. The number of halogens is 1. The van der Waals surface area contributed by atoms with Crippen LogP contribution in [0.3, 0.4) is 0 Å². The van der Waals surface area contributed by atoms with Crippen molar-refractivity contribution in [3.63, 3.8) is 0 Å². The molecule has 0 radical (unpaired) electrons. The zero-order valence-electron chi connectivity index (χ0n) is 11.3. The summed E-state index contributed by atoms with van der Waals surface area (Å²) in [7, 11) is 0. The summed E-state index contributed by atoms with van der Waals surface area (Å²) in [5.41, 5.74) is 1.06. The first-order chi connectivity index (χ1) is 8.70. The summed E-state index contributed by atoms with van der Waals surface area (Å²) in [6.07, 6.45) is 2.63. The minimum atomic E-state index is 0.472. The zero-order valence-corrected chi connectivity index (χ0v) is 12.1. The molecule has 0 aromatic heterocycles. The summed E-state index contributed by atoms with van der Waals surface area (Å²) in [4.78, 5) is 2.54. The zero-order chi connectivity index (χ0) is 13.0. The molecule has 18 heavy (non-hydrogen) atoms. The highest BCUT2D eigenvalue weighted by Crippen LogP contribution is 2.26. The quantitative estimate of drug-likeness (QED) is 0.890. The van der Waals surface area contributed by atoms with Crippen molar-refractivity contribution in [3.05, 3.63) is 29.3 Å². The van der Waals surface area contributed by atoms with Gasteiger partial charge >= 0.3 is 0 Å². The molecule has 1 fully saturated rings. The van der Waals surface area contributed by atoms with Crippen LogP contribution in [-0.4, -0.2) is 30.6 Å². The Kier molecular flexibility index (Phi) is 4.90. The van der Waals surface area contributed by atoms with Crippen LogP contribution in [0.25, 0.3) is 0 Å². The molecule has 0 saturated carbocycles. The topological polar surface area (TPSA) is 15.3 Å². The lowest BCUT2D eigenvalue weighted by Crippen LogP contribution is -2.41. The van der Waals surface area contributed by atoms with Crippen molar-refractivity contribution in [2.45, 2.75) is 32.7 Å². The Hall–Kier alpha value is -0.730. The number of likely N-dealkylation sites (tertiary alicyclic amines) is 1. The molecular weight excluding hydrogens is 244 g/mol. The highest BCUT2D eigenvalue weighted by molar-refractivity contribution is 6.33. The van der Waals surface area contributed by atoms with Crippen LogP contribution in [0.5, 0.6) is 0 Å². The number of hydrogen-bond acceptors (Lipinski definition) is 2. The van der Waals surface area contributed by atoms with E-state index in [0.717, 1.165) is 23.2 Å². The summed E-state index contributed by atoms with van der Waals surface area (Å²) >= 11 is 6.19. The molecule has 0 spiro atoms. The van der Waals surface area contributed by atoms with Crippen molar-refractivity contribution >= 4 is 17.3 Å². The summed E-state index contributed by atoms with van der Waals surface area (Å²) in [6.45, 7) is 8.14. The molecular formula is C15H23ClN2. The molecule has 2 atom stereocenters. The summed E-state index contributed by atoms with van der Waals surface area (Å²) < 4.78 is 0. The van der Waals surface area contributed by atoms with Gasteiger partial charge in [0.15, 0.2) is 0 Å². The first-order valence-electron chi connectivity index (χ1n) is 6.94. The van der Waals surface area contributed by atoms with E-state index < -0.39 is 0 Å². The molecule has 1 N–H and O–H groups in total. The average Bonchev–Trinajstić information content (AvgIpc) is 2.41. The van der Waals surface area contributed by atoms with Crippen molar-refractivity contribution in [1.29, 1.82) is 0 Å². The SMILES string of the molecule is CCN1CCCC(C(C)Nc2ccccc2Cl)C1. The van der Waals surface area contributed by atoms with E-state index in [-0.39, 0.29) is 0 Å². The lowest BCUT2D eigenvalue weighted by Gasteiger charge is -2.35. The van der Waals surface area contributed by atoms with Gasteiger partial charge in [-0.2, -0.15) is 0 Å². The third-order valence-corrected chi connectivity index (χ3v) is 4.28. The van der Waals surface area contributed by atoms with Crippen molar-refractivity contribution in [2.24, 2.45) is 5.92 Å². The molecule has 3 heteroatoms. The molecule has 1 aromatic rings. The van der Waals surface area contributed by atoms with Gasteiger partial charge in [0.1, 0.15) is 0 Å². The Bertz CT molecular complexity index is 381. The van der Waals surface area contributed by atoms with E-state index in [4.69, 9.17) is 11.6 Å². The molecule has 1 aliphatic heterocycles. The van der Waals surface area contributed by atoms with E-state index in [0.29, 0.717) is 6.04 Å². The van der Waals surface area contributed by atoms with Crippen LogP contribution < -0.4 is 5.32 Å². The van der Waals surface area contributed by atoms with E-state index in [2.05, 4.69) is 30.1 Å². The van der Waals surface area contributed by atoms with Crippen LogP contribution in [0.1, 0.15) is 26.7 Å². The molecule has 2 rings (SSSR count). The van der Waals surface area contributed by atoms with Gasteiger partial charge in [0.25, 0.3) is 0 Å². The van der Waals surface area contributed by atoms with Crippen LogP contribution in [0.15, 0.2) is 24.3 Å². The predicted molar refractivity (Wildman–Crippen MR) is 79.4 cm³/mol. The number of nitrogens with one attached hydrogen (secondary N) is 1. The first-order valence-corrected chi connectivity index (χ1v) is 7.32. The maximum absolute atomic E-state index is 6.19. The molecule has 1 aromatic carbocycles. The second-order valence-corrected chi connectivity index (χ2v) is 5.62. The first kappa shape index (κ1) is 13.7. The number of nitrogens with zero attached hydrogens (tertiary/aromatic N) is 1. The molecule has 1 aliphatic rings. The normalized spacial score (nSPS) is 22.7. The van der Waals surface area contributed by atoms with Crippen LogP contribution in [0.4, 0.5) is 5.69 Å². The largest absolute Gasteiger partial charge is 0.381 e. The fourth-order valence-electron chi connectivity index (χ4n) is 2.73. The summed E-state index contributed by atoms with van der Waals surface area (Å²) in [6, 6.07) is 8.46. The Balaban J connectivity index is 1.95. The second kappa shape index (κ2) is 6.44. The second-order valence-electron chi connectivity index (χ2n) is 5.21. The molecule has 0 amide bonds. The third-order valence-electron chi connectivity index (χ3n) is 3.95. The molecule has 0 aliphatic carbocycles. The van der Waals surface area contributed by atoms with Gasteiger partial charge in [-0.15, -0.1) is 0 Å². The van der Waals surface area contributed by atoms with E-state index in [9.17, 15) is 0 Å². The van der Waals surface area contributed by atoms with E-state index >= 15 is 0 Å². The monoisotopic (exact) mass is 266 g/mol. The molecule has 1 heterocycles. The average molecular weight is 267 g/mol. The number of rotatable bonds is 4. The lowest BCUT2D eigenvalue weighted by molar-refractivity contribution is 0.172. The van der Waals surface area contributed by atoms with E-state index in [1.165, 1.54) is 25.9 Å². The van der Waals surface area contributed by atoms with Crippen molar-refractivity contribution in [3.8, 4) is 0 Å². The number of anilines is 1.